The Hall–Kier alpha value is -0.830. The summed E-state index contributed by atoms with van der Waals surface area (Å²) < 4.78 is 1.92. The zero-order valence-corrected chi connectivity index (χ0v) is 11.7. The van der Waals surface area contributed by atoms with Gasteiger partial charge in [0, 0.05) is 31.4 Å². The molecule has 0 amide bonds. The zero-order valence-electron chi connectivity index (χ0n) is 11.7. The Kier molecular flexibility index (Phi) is 3.42. The Morgan fingerprint density at radius 3 is 2.78 bits per heavy atom. The van der Waals surface area contributed by atoms with Crippen LogP contribution in [-0.2, 0) is 13.6 Å². The molecule has 0 aromatic carbocycles. The molecule has 0 radical (unpaired) electrons. The molecule has 100 valence electrons. The molecule has 2 fully saturated rings. The highest BCUT2D eigenvalue weighted by atomic mass is 15.2. The van der Waals surface area contributed by atoms with Crippen LogP contribution in [0.15, 0.2) is 6.20 Å². The predicted molar refractivity (Wildman–Crippen MR) is 73.3 cm³/mol. The molecular weight excluding hydrogens is 222 g/mol. The highest BCUT2D eigenvalue weighted by Gasteiger charge is 2.34. The first-order valence-electron chi connectivity index (χ1n) is 7.45. The zero-order chi connectivity index (χ0) is 12.5. The Balaban J connectivity index is 1.51. The monoisotopic (exact) mass is 247 g/mol. The first-order valence-corrected chi connectivity index (χ1v) is 7.45. The van der Waals surface area contributed by atoms with Crippen molar-refractivity contribution in [2.24, 2.45) is 18.9 Å². The van der Waals surface area contributed by atoms with E-state index in [9.17, 15) is 0 Å². The molecule has 2 atom stereocenters. The standard InChI is InChI=1S/C15H25N3/c1-11-14(10-18(2)17-11)9-16-15-5-3-4-13(8-15)12-6-7-12/h10,12-13,15-16H,3-9H2,1-2H3. The molecule has 1 aromatic rings. The lowest BCUT2D eigenvalue weighted by Crippen LogP contribution is -2.34. The molecule has 2 aliphatic carbocycles. The molecule has 3 heteroatoms. The third-order valence-corrected chi connectivity index (χ3v) is 4.70. The maximum Gasteiger partial charge on any atom is 0.0638 e. The van der Waals surface area contributed by atoms with Crippen molar-refractivity contribution in [1.82, 2.24) is 15.1 Å². The van der Waals surface area contributed by atoms with Crippen molar-refractivity contribution in [3.63, 3.8) is 0 Å². The molecule has 2 aliphatic rings. The van der Waals surface area contributed by atoms with Gasteiger partial charge in [0.05, 0.1) is 5.69 Å². The van der Waals surface area contributed by atoms with E-state index in [4.69, 9.17) is 0 Å². The summed E-state index contributed by atoms with van der Waals surface area (Å²) in [6.45, 7) is 3.09. The Bertz CT molecular complexity index is 406. The summed E-state index contributed by atoms with van der Waals surface area (Å²) in [6, 6.07) is 0.740. The van der Waals surface area contributed by atoms with Crippen molar-refractivity contribution in [2.75, 3.05) is 0 Å². The molecule has 18 heavy (non-hydrogen) atoms. The van der Waals surface area contributed by atoms with Gasteiger partial charge in [-0.05, 0) is 44.4 Å². The lowest BCUT2D eigenvalue weighted by Gasteiger charge is -2.30. The molecule has 1 aromatic heterocycles. The van der Waals surface area contributed by atoms with Crippen molar-refractivity contribution in [3.05, 3.63) is 17.5 Å². The average Bonchev–Trinajstić information content (AvgIpc) is 3.14. The fraction of sp³-hybridized carbons (Fsp3) is 0.800. The largest absolute Gasteiger partial charge is 0.310 e. The summed E-state index contributed by atoms with van der Waals surface area (Å²) in [5, 5.41) is 8.16. The van der Waals surface area contributed by atoms with E-state index in [1.165, 1.54) is 49.8 Å². The molecule has 0 aliphatic heterocycles. The number of nitrogens with one attached hydrogen (secondary N) is 1. The average molecular weight is 247 g/mol. The number of aromatic nitrogens is 2. The number of aryl methyl sites for hydroxylation is 2. The number of hydrogen-bond donors (Lipinski definition) is 1. The number of nitrogens with zero attached hydrogens (tertiary/aromatic N) is 2. The van der Waals surface area contributed by atoms with E-state index in [0.717, 1.165) is 24.4 Å². The molecule has 3 nitrogen and oxygen atoms in total. The van der Waals surface area contributed by atoms with Gasteiger partial charge in [-0.2, -0.15) is 5.10 Å². The minimum absolute atomic E-state index is 0.740. The summed E-state index contributed by atoms with van der Waals surface area (Å²) >= 11 is 0. The van der Waals surface area contributed by atoms with E-state index < -0.39 is 0 Å². The lowest BCUT2D eigenvalue weighted by molar-refractivity contribution is 0.260. The molecule has 2 unspecified atom stereocenters. The van der Waals surface area contributed by atoms with Crippen LogP contribution in [0.2, 0.25) is 0 Å². The van der Waals surface area contributed by atoms with Gasteiger partial charge in [0.15, 0.2) is 0 Å². The van der Waals surface area contributed by atoms with Crippen LogP contribution < -0.4 is 5.32 Å². The van der Waals surface area contributed by atoms with Crippen LogP contribution in [0.5, 0.6) is 0 Å². The third kappa shape index (κ3) is 2.77. The van der Waals surface area contributed by atoms with E-state index in [2.05, 4.69) is 23.5 Å². The number of hydrogen-bond acceptors (Lipinski definition) is 2. The van der Waals surface area contributed by atoms with E-state index in [1.807, 2.05) is 11.7 Å². The first kappa shape index (κ1) is 12.2. The molecule has 0 bridgehead atoms. The Morgan fingerprint density at radius 2 is 2.11 bits per heavy atom. The molecular formula is C15H25N3. The van der Waals surface area contributed by atoms with Gasteiger partial charge >= 0.3 is 0 Å². The topological polar surface area (TPSA) is 29.9 Å². The van der Waals surface area contributed by atoms with E-state index >= 15 is 0 Å². The van der Waals surface area contributed by atoms with Gasteiger partial charge in [-0.1, -0.05) is 12.8 Å². The summed E-state index contributed by atoms with van der Waals surface area (Å²) in [5.74, 6) is 2.10. The van der Waals surface area contributed by atoms with Crippen LogP contribution in [0.4, 0.5) is 0 Å². The van der Waals surface area contributed by atoms with E-state index in [-0.39, 0.29) is 0 Å². The molecule has 3 rings (SSSR count). The summed E-state index contributed by atoms with van der Waals surface area (Å²) in [5.41, 5.74) is 2.52. The summed E-state index contributed by atoms with van der Waals surface area (Å²) in [7, 11) is 2.00. The smallest absolute Gasteiger partial charge is 0.0638 e. The van der Waals surface area contributed by atoms with Crippen molar-refractivity contribution in [2.45, 2.75) is 58.0 Å². The van der Waals surface area contributed by atoms with Gasteiger partial charge < -0.3 is 5.32 Å². The van der Waals surface area contributed by atoms with Gasteiger partial charge in [-0.15, -0.1) is 0 Å². The molecule has 1 heterocycles. The van der Waals surface area contributed by atoms with Gasteiger partial charge in [0.2, 0.25) is 0 Å². The van der Waals surface area contributed by atoms with Crippen molar-refractivity contribution < 1.29 is 0 Å². The molecule has 0 saturated heterocycles. The number of rotatable bonds is 4. The second kappa shape index (κ2) is 5.04. The van der Waals surface area contributed by atoms with Crippen LogP contribution in [-0.4, -0.2) is 15.8 Å². The second-order valence-corrected chi connectivity index (χ2v) is 6.26. The quantitative estimate of drug-likeness (QED) is 0.886. The SMILES string of the molecule is Cc1nn(C)cc1CNC1CCCC(C2CC2)C1. The van der Waals surface area contributed by atoms with E-state index in [0.29, 0.717) is 0 Å². The van der Waals surface area contributed by atoms with Crippen LogP contribution >= 0.6 is 0 Å². The fourth-order valence-corrected chi connectivity index (χ4v) is 3.49. The molecule has 1 N–H and O–H groups in total. The van der Waals surface area contributed by atoms with Gasteiger partial charge in [0.1, 0.15) is 0 Å². The van der Waals surface area contributed by atoms with Gasteiger partial charge in [0.25, 0.3) is 0 Å². The van der Waals surface area contributed by atoms with Crippen LogP contribution in [0, 0.1) is 18.8 Å². The summed E-state index contributed by atoms with van der Waals surface area (Å²) in [4.78, 5) is 0. The van der Waals surface area contributed by atoms with Crippen LogP contribution in [0.1, 0.15) is 49.8 Å². The van der Waals surface area contributed by atoms with Gasteiger partial charge in [-0.25, -0.2) is 0 Å². The maximum atomic E-state index is 4.40. The maximum absolute atomic E-state index is 4.40. The molecule has 0 spiro atoms. The highest BCUT2D eigenvalue weighted by Crippen LogP contribution is 2.43. The minimum Gasteiger partial charge on any atom is -0.310 e. The Labute approximate surface area is 110 Å². The van der Waals surface area contributed by atoms with Crippen molar-refractivity contribution >= 4 is 0 Å². The summed E-state index contributed by atoms with van der Waals surface area (Å²) in [6.07, 6.45) is 10.8. The minimum atomic E-state index is 0.740. The third-order valence-electron chi connectivity index (χ3n) is 4.70. The van der Waals surface area contributed by atoms with Crippen LogP contribution in [0.25, 0.3) is 0 Å². The molecule has 2 saturated carbocycles. The normalized spacial score (nSPS) is 28.6. The lowest BCUT2D eigenvalue weighted by atomic mass is 9.82. The highest BCUT2D eigenvalue weighted by molar-refractivity contribution is 5.15. The van der Waals surface area contributed by atoms with Crippen molar-refractivity contribution in [3.8, 4) is 0 Å². The van der Waals surface area contributed by atoms with Crippen LogP contribution in [0.3, 0.4) is 0 Å². The van der Waals surface area contributed by atoms with Gasteiger partial charge in [-0.3, -0.25) is 4.68 Å². The van der Waals surface area contributed by atoms with Crippen molar-refractivity contribution in [1.29, 1.82) is 0 Å². The second-order valence-electron chi connectivity index (χ2n) is 6.26. The first-order chi connectivity index (χ1) is 8.72. The fourth-order valence-electron chi connectivity index (χ4n) is 3.49. The van der Waals surface area contributed by atoms with E-state index in [1.54, 1.807) is 0 Å². The predicted octanol–water partition coefficient (Wildman–Crippen LogP) is 2.79. The Morgan fingerprint density at radius 1 is 1.28 bits per heavy atom.